The molecule has 1 aromatic heterocycles. The van der Waals surface area contributed by atoms with E-state index in [1.807, 2.05) is 13.8 Å². The Labute approximate surface area is 185 Å². The molecule has 0 saturated carbocycles. The van der Waals surface area contributed by atoms with Gasteiger partial charge in [0, 0.05) is 24.8 Å². The van der Waals surface area contributed by atoms with Crippen molar-refractivity contribution >= 4 is 21.8 Å². The van der Waals surface area contributed by atoms with Crippen LogP contribution < -0.4 is 0 Å². The van der Waals surface area contributed by atoms with E-state index in [1.54, 1.807) is 50.6 Å². The van der Waals surface area contributed by atoms with Crippen molar-refractivity contribution in [3.63, 3.8) is 0 Å². The number of ketones is 1. The predicted octanol–water partition coefficient (Wildman–Crippen LogP) is 3.74. The minimum atomic E-state index is -3.84. The van der Waals surface area contributed by atoms with Crippen LogP contribution in [0.3, 0.4) is 0 Å². The maximum Gasteiger partial charge on any atom is 0.355 e. The van der Waals surface area contributed by atoms with Gasteiger partial charge in [0.1, 0.15) is 5.69 Å². The Hall–Kier alpha value is -2.45. The summed E-state index contributed by atoms with van der Waals surface area (Å²) in [6, 6.07) is 8.12. The Kier molecular flexibility index (Phi) is 8.20. The van der Waals surface area contributed by atoms with E-state index < -0.39 is 16.0 Å². The molecule has 0 spiro atoms. The number of carbonyl (C=O) groups is 2. The quantitative estimate of drug-likeness (QED) is 0.408. The highest BCUT2D eigenvalue weighted by atomic mass is 32.2. The van der Waals surface area contributed by atoms with Crippen LogP contribution in [0.4, 0.5) is 0 Å². The summed E-state index contributed by atoms with van der Waals surface area (Å²) in [5.74, 6) is -0.568. The van der Waals surface area contributed by atoms with Crippen molar-refractivity contribution in [1.82, 2.24) is 8.87 Å². The van der Waals surface area contributed by atoms with E-state index in [4.69, 9.17) is 4.74 Å². The van der Waals surface area contributed by atoms with Crippen molar-refractivity contribution in [1.29, 1.82) is 0 Å². The Morgan fingerprint density at radius 2 is 1.74 bits per heavy atom. The van der Waals surface area contributed by atoms with Crippen molar-refractivity contribution in [3.8, 4) is 0 Å². The van der Waals surface area contributed by atoms with E-state index in [0.717, 1.165) is 0 Å². The Bertz CT molecular complexity index is 1040. The molecule has 0 fully saturated rings. The van der Waals surface area contributed by atoms with E-state index in [-0.39, 0.29) is 36.3 Å². The minimum absolute atomic E-state index is 0.153. The number of nitrogens with zero attached hydrogens (tertiary/aromatic N) is 2. The molecule has 0 aliphatic heterocycles. The van der Waals surface area contributed by atoms with E-state index in [9.17, 15) is 18.0 Å². The monoisotopic (exact) mass is 448 g/mol. The number of aromatic nitrogens is 1. The standard InChI is InChI=1S/C23H32N2O5S/c1-7-30-23(27)22-17(4)21(18(5)24(22)6)20(26)15-25(14-13-16(2)3)31(28,29)19-11-9-8-10-12-19/h8-12,16H,7,13-15H2,1-6H3. The summed E-state index contributed by atoms with van der Waals surface area (Å²) in [5, 5.41) is 0. The molecule has 0 atom stereocenters. The number of carbonyl (C=O) groups excluding carboxylic acids is 2. The number of ether oxygens (including phenoxy) is 1. The lowest BCUT2D eigenvalue weighted by atomic mass is 10.1. The molecule has 170 valence electrons. The molecule has 7 nitrogen and oxygen atoms in total. The van der Waals surface area contributed by atoms with Gasteiger partial charge in [-0.25, -0.2) is 13.2 Å². The van der Waals surface area contributed by atoms with Gasteiger partial charge in [-0.05, 0) is 50.8 Å². The molecular weight excluding hydrogens is 416 g/mol. The van der Waals surface area contributed by atoms with Gasteiger partial charge in [-0.15, -0.1) is 0 Å². The van der Waals surface area contributed by atoms with Crippen LogP contribution in [-0.4, -0.2) is 48.7 Å². The summed E-state index contributed by atoms with van der Waals surface area (Å²) >= 11 is 0. The second-order valence-electron chi connectivity index (χ2n) is 7.97. The SMILES string of the molecule is CCOC(=O)c1c(C)c(C(=O)CN(CCC(C)C)S(=O)(=O)c2ccccc2)c(C)n1C. The van der Waals surface area contributed by atoms with Crippen molar-refractivity contribution in [3.05, 3.63) is 52.8 Å². The topological polar surface area (TPSA) is 85.7 Å². The van der Waals surface area contributed by atoms with Gasteiger partial charge in [0.25, 0.3) is 0 Å². The van der Waals surface area contributed by atoms with Crippen LogP contribution in [0.25, 0.3) is 0 Å². The van der Waals surface area contributed by atoms with Gasteiger partial charge in [0.15, 0.2) is 5.78 Å². The predicted molar refractivity (Wildman–Crippen MR) is 120 cm³/mol. The van der Waals surface area contributed by atoms with E-state index in [0.29, 0.717) is 28.9 Å². The van der Waals surface area contributed by atoms with Gasteiger partial charge >= 0.3 is 5.97 Å². The zero-order valence-electron chi connectivity index (χ0n) is 19.1. The van der Waals surface area contributed by atoms with Crippen LogP contribution in [0, 0.1) is 19.8 Å². The maximum atomic E-state index is 13.3. The number of hydrogen-bond acceptors (Lipinski definition) is 5. The number of sulfonamides is 1. The highest BCUT2D eigenvalue weighted by molar-refractivity contribution is 7.89. The Balaban J connectivity index is 2.43. The summed E-state index contributed by atoms with van der Waals surface area (Å²) < 4.78 is 34.5. The molecule has 8 heteroatoms. The molecular formula is C23H32N2O5S. The molecule has 0 bridgehead atoms. The number of esters is 1. The average molecular weight is 449 g/mol. The third-order valence-corrected chi connectivity index (χ3v) is 7.19. The van der Waals surface area contributed by atoms with Crippen LogP contribution in [0.2, 0.25) is 0 Å². The number of hydrogen-bond donors (Lipinski definition) is 0. The lowest BCUT2D eigenvalue weighted by molar-refractivity contribution is 0.0514. The van der Waals surface area contributed by atoms with Crippen LogP contribution in [0.5, 0.6) is 0 Å². The number of Topliss-reactive ketones (excluding diaryl/α,β-unsaturated/α-hetero) is 1. The van der Waals surface area contributed by atoms with Crippen LogP contribution in [0.15, 0.2) is 35.2 Å². The fraction of sp³-hybridized carbons (Fsp3) is 0.478. The summed E-state index contributed by atoms with van der Waals surface area (Å²) in [5.41, 5.74) is 1.78. The van der Waals surface area contributed by atoms with Gasteiger partial charge in [-0.1, -0.05) is 32.0 Å². The molecule has 0 unspecified atom stereocenters. The number of rotatable bonds is 10. The first-order valence-electron chi connectivity index (χ1n) is 10.4. The normalized spacial score (nSPS) is 11.9. The van der Waals surface area contributed by atoms with Crippen LogP contribution in [-0.2, 0) is 21.8 Å². The molecule has 0 saturated heterocycles. The molecule has 1 aromatic carbocycles. The van der Waals surface area contributed by atoms with Crippen molar-refractivity contribution in [2.75, 3.05) is 19.7 Å². The molecule has 1 heterocycles. The third kappa shape index (κ3) is 5.43. The second-order valence-corrected chi connectivity index (χ2v) is 9.91. The molecule has 2 rings (SSSR count). The van der Waals surface area contributed by atoms with E-state index >= 15 is 0 Å². The zero-order chi connectivity index (χ0) is 23.3. The lowest BCUT2D eigenvalue weighted by Crippen LogP contribution is -2.37. The maximum absolute atomic E-state index is 13.3. The molecule has 2 aromatic rings. The van der Waals surface area contributed by atoms with Crippen molar-refractivity contribution < 1.29 is 22.7 Å². The number of benzene rings is 1. The Morgan fingerprint density at radius 3 is 2.29 bits per heavy atom. The van der Waals surface area contributed by atoms with Crippen molar-refractivity contribution in [2.45, 2.75) is 45.9 Å². The fourth-order valence-corrected chi connectivity index (χ4v) is 4.98. The minimum Gasteiger partial charge on any atom is -0.461 e. The summed E-state index contributed by atoms with van der Waals surface area (Å²) in [4.78, 5) is 25.8. The van der Waals surface area contributed by atoms with Crippen LogP contribution >= 0.6 is 0 Å². The first-order valence-corrected chi connectivity index (χ1v) is 11.9. The van der Waals surface area contributed by atoms with Crippen molar-refractivity contribution in [2.24, 2.45) is 13.0 Å². The van der Waals surface area contributed by atoms with Gasteiger partial charge in [0.2, 0.25) is 10.0 Å². The van der Waals surface area contributed by atoms with Gasteiger partial charge < -0.3 is 9.30 Å². The molecule has 0 aliphatic carbocycles. The van der Waals surface area contributed by atoms with Gasteiger partial charge in [0.05, 0.1) is 18.0 Å². The highest BCUT2D eigenvalue weighted by Crippen LogP contribution is 2.24. The molecule has 0 radical (unpaired) electrons. The molecule has 0 N–H and O–H groups in total. The largest absolute Gasteiger partial charge is 0.461 e. The first kappa shape index (κ1) is 24.8. The second kappa shape index (κ2) is 10.2. The van der Waals surface area contributed by atoms with E-state index in [2.05, 4.69) is 0 Å². The smallest absolute Gasteiger partial charge is 0.355 e. The fourth-order valence-electron chi connectivity index (χ4n) is 3.54. The summed E-state index contributed by atoms with van der Waals surface area (Å²) in [6.45, 7) is 9.33. The molecule has 0 aliphatic rings. The first-order chi connectivity index (χ1) is 14.5. The van der Waals surface area contributed by atoms with Gasteiger partial charge in [-0.2, -0.15) is 4.31 Å². The zero-order valence-corrected chi connectivity index (χ0v) is 20.0. The molecule has 0 amide bonds. The van der Waals surface area contributed by atoms with Crippen LogP contribution in [0.1, 0.15) is 59.3 Å². The van der Waals surface area contributed by atoms with Gasteiger partial charge in [-0.3, -0.25) is 4.79 Å². The average Bonchev–Trinajstić information content (AvgIpc) is 2.94. The van der Waals surface area contributed by atoms with E-state index in [1.165, 1.54) is 16.4 Å². The Morgan fingerprint density at radius 1 is 1.13 bits per heavy atom. The highest BCUT2D eigenvalue weighted by Gasteiger charge is 2.31. The lowest BCUT2D eigenvalue weighted by Gasteiger charge is -2.22. The summed E-state index contributed by atoms with van der Waals surface area (Å²) in [7, 11) is -2.14. The third-order valence-electron chi connectivity index (χ3n) is 5.33. The molecule has 31 heavy (non-hydrogen) atoms. The summed E-state index contributed by atoms with van der Waals surface area (Å²) in [6.07, 6.45) is 0.625.